The fourth-order valence-electron chi connectivity index (χ4n) is 0.787. The quantitative estimate of drug-likeness (QED) is 0.647. The van der Waals surface area contributed by atoms with Crippen LogP contribution in [0.2, 0.25) is 0 Å². The molecule has 0 fully saturated rings. The van der Waals surface area contributed by atoms with E-state index in [-0.39, 0.29) is 4.90 Å². The Morgan fingerprint density at radius 1 is 1.46 bits per heavy atom. The Kier molecular flexibility index (Phi) is 2.72. The number of benzene rings is 1. The van der Waals surface area contributed by atoms with Crippen LogP contribution in [0.5, 0.6) is 0 Å². The van der Waals surface area contributed by atoms with Crippen molar-refractivity contribution >= 4 is 38.4 Å². The minimum absolute atomic E-state index is 0.0301. The summed E-state index contributed by atoms with van der Waals surface area (Å²) in [7, 11) is -3.66. The van der Waals surface area contributed by atoms with Gasteiger partial charge in [-0.3, -0.25) is 0 Å². The fourth-order valence-corrected chi connectivity index (χ4v) is 2.39. The largest absolute Gasteiger partial charge is 0.399 e. The summed E-state index contributed by atoms with van der Waals surface area (Å²) in [6, 6.07) is 4.47. The van der Waals surface area contributed by atoms with E-state index in [9.17, 15) is 8.42 Å². The highest BCUT2D eigenvalue weighted by Crippen LogP contribution is 2.25. The molecule has 0 aliphatic carbocycles. The molecule has 0 heterocycles. The summed E-state index contributed by atoms with van der Waals surface area (Å²) >= 11 is 3.08. The topological polar surface area (TPSA) is 72.5 Å². The summed E-state index contributed by atoms with van der Waals surface area (Å²) in [6.45, 7) is 2.98. The van der Waals surface area contributed by atoms with E-state index >= 15 is 0 Å². The SMILES string of the molecule is C=NS(=O)(=O)c1cc(N)ccc1Br. The number of rotatable bonds is 2. The van der Waals surface area contributed by atoms with Gasteiger partial charge >= 0.3 is 0 Å². The second-order valence-corrected chi connectivity index (χ2v) is 4.80. The second kappa shape index (κ2) is 3.47. The van der Waals surface area contributed by atoms with Crippen LogP contribution in [0.3, 0.4) is 0 Å². The molecule has 0 unspecified atom stereocenters. The highest BCUT2D eigenvalue weighted by Gasteiger charge is 2.14. The predicted octanol–water partition coefficient (Wildman–Crippen LogP) is 1.42. The summed E-state index contributed by atoms with van der Waals surface area (Å²) < 4.78 is 26.0. The summed E-state index contributed by atoms with van der Waals surface area (Å²) in [4.78, 5) is 0.0301. The van der Waals surface area contributed by atoms with E-state index in [0.29, 0.717) is 10.2 Å². The van der Waals surface area contributed by atoms with Crippen molar-refractivity contribution in [3.8, 4) is 0 Å². The minimum atomic E-state index is -3.66. The van der Waals surface area contributed by atoms with Gasteiger partial charge in [0.2, 0.25) is 0 Å². The average molecular weight is 263 g/mol. The monoisotopic (exact) mass is 262 g/mol. The van der Waals surface area contributed by atoms with Crippen LogP contribution in [0.15, 0.2) is 32.0 Å². The van der Waals surface area contributed by atoms with Gasteiger partial charge in [-0.25, -0.2) is 0 Å². The van der Waals surface area contributed by atoms with Crippen molar-refractivity contribution in [1.82, 2.24) is 0 Å². The molecule has 0 spiro atoms. The van der Waals surface area contributed by atoms with E-state index in [1.807, 2.05) is 0 Å². The zero-order valence-corrected chi connectivity index (χ0v) is 8.97. The van der Waals surface area contributed by atoms with Gasteiger partial charge in [-0.2, -0.15) is 12.8 Å². The maximum Gasteiger partial charge on any atom is 0.282 e. The Bertz CT molecular complexity index is 442. The first kappa shape index (κ1) is 10.2. The van der Waals surface area contributed by atoms with E-state index in [4.69, 9.17) is 5.73 Å². The Labute approximate surface area is 84.7 Å². The molecule has 0 aliphatic rings. The molecule has 0 saturated heterocycles. The highest BCUT2D eigenvalue weighted by molar-refractivity contribution is 9.10. The van der Waals surface area contributed by atoms with E-state index in [1.165, 1.54) is 6.07 Å². The van der Waals surface area contributed by atoms with Crippen molar-refractivity contribution in [2.24, 2.45) is 4.40 Å². The third-order valence-corrected chi connectivity index (χ3v) is 3.59. The first-order valence-corrected chi connectivity index (χ1v) is 5.49. The molecule has 1 rings (SSSR count). The lowest BCUT2D eigenvalue weighted by molar-refractivity contribution is 0.598. The van der Waals surface area contributed by atoms with Crippen molar-refractivity contribution in [1.29, 1.82) is 0 Å². The molecule has 6 heteroatoms. The van der Waals surface area contributed by atoms with Crippen molar-refractivity contribution < 1.29 is 8.42 Å². The third kappa shape index (κ3) is 2.07. The van der Waals surface area contributed by atoms with Gasteiger partial charge in [-0.05, 0) is 34.1 Å². The molecule has 0 bridgehead atoms. The van der Waals surface area contributed by atoms with Crippen LogP contribution in [0.4, 0.5) is 5.69 Å². The lowest BCUT2D eigenvalue weighted by Crippen LogP contribution is -1.98. The van der Waals surface area contributed by atoms with Gasteiger partial charge in [0.15, 0.2) is 0 Å². The van der Waals surface area contributed by atoms with Crippen molar-refractivity contribution in [2.45, 2.75) is 4.90 Å². The number of halogens is 1. The molecule has 0 aliphatic heterocycles. The highest BCUT2D eigenvalue weighted by atomic mass is 79.9. The molecule has 13 heavy (non-hydrogen) atoms. The number of hydrogen-bond acceptors (Lipinski definition) is 3. The van der Waals surface area contributed by atoms with E-state index in [2.05, 4.69) is 27.0 Å². The molecule has 1 aromatic rings. The second-order valence-electron chi connectivity index (χ2n) is 2.29. The van der Waals surface area contributed by atoms with Gasteiger partial charge < -0.3 is 5.73 Å². The summed E-state index contributed by atoms with van der Waals surface area (Å²) in [6.07, 6.45) is 0. The number of hydrogen-bond donors (Lipinski definition) is 1. The zero-order valence-electron chi connectivity index (χ0n) is 6.57. The molecular formula is C7H7BrN2O2S. The van der Waals surface area contributed by atoms with Gasteiger partial charge in [0.05, 0.1) is 0 Å². The summed E-state index contributed by atoms with van der Waals surface area (Å²) in [5.74, 6) is 0. The number of nitrogen functional groups attached to an aromatic ring is 1. The van der Waals surface area contributed by atoms with E-state index in [0.717, 1.165) is 0 Å². The zero-order chi connectivity index (χ0) is 10.1. The molecule has 4 nitrogen and oxygen atoms in total. The Balaban J connectivity index is 3.46. The smallest absolute Gasteiger partial charge is 0.282 e. The Morgan fingerprint density at radius 2 is 2.08 bits per heavy atom. The molecule has 0 saturated carbocycles. The first-order valence-electron chi connectivity index (χ1n) is 3.25. The molecule has 0 amide bonds. The van der Waals surface area contributed by atoms with Crippen LogP contribution in [0.1, 0.15) is 0 Å². The van der Waals surface area contributed by atoms with E-state index in [1.54, 1.807) is 12.1 Å². The maximum absolute atomic E-state index is 11.3. The molecule has 0 aromatic heterocycles. The standard InChI is InChI=1S/C7H7BrN2O2S/c1-10-13(11,12)7-4-5(9)2-3-6(7)8/h2-4H,1,9H2. The lowest BCUT2D eigenvalue weighted by atomic mass is 10.3. The van der Waals surface area contributed by atoms with Crippen molar-refractivity contribution in [2.75, 3.05) is 5.73 Å². The predicted molar refractivity (Wildman–Crippen MR) is 55.3 cm³/mol. The number of anilines is 1. The fraction of sp³-hybridized carbons (Fsp3) is 0. The average Bonchev–Trinajstić information content (AvgIpc) is 2.09. The number of nitrogens with two attached hydrogens (primary N) is 1. The van der Waals surface area contributed by atoms with Crippen LogP contribution in [0.25, 0.3) is 0 Å². The third-order valence-electron chi connectivity index (χ3n) is 1.40. The van der Waals surface area contributed by atoms with Gasteiger partial charge in [-0.15, -0.1) is 0 Å². The molecule has 70 valence electrons. The molecular weight excluding hydrogens is 256 g/mol. The summed E-state index contributed by atoms with van der Waals surface area (Å²) in [5, 5.41) is 0. The van der Waals surface area contributed by atoms with Crippen LogP contribution in [-0.4, -0.2) is 15.1 Å². The van der Waals surface area contributed by atoms with Gasteiger partial charge in [0, 0.05) is 16.9 Å². The van der Waals surface area contributed by atoms with Crippen LogP contribution < -0.4 is 5.73 Å². The number of nitrogens with zero attached hydrogens (tertiary/aromatic N) is 1. The minimum Gasteiger partial charge on any atom is -0.399 e. The van der Waals surface area contributed by atoms with Crippen LogP contribution in [-0.2, 0) is 10.0 Å². The van der Waals surface area contributed by atoms with Crippen LogP contribution in [0, 0.1) is 0 Å². The first-order chi connectivity index (χ1) is 5.97. The molecule has 1 aromatic carbocycles. The van der Waals surface area contributed by atoms with Gasteiger partial charge in [0.1, 0.15) is 4.90 Å². The Morgan fingerprint density at radius 3 is 2.62 bits per heavy atom. The lowest BCUT2D eigenvalue weighted by Gasteiger charge is -2.01. The van der Waals surface area contributed by atoms with Crippen molar-refractivity contribution in [3.63, 3.8) is 0 Å². The van der Waals surface area contributed by atoms with Gasteiger partial charge in [-0.1, -0.05) is 0 Å². The summed E-state index contributed by atoms with van der Waals surface area (Å²) in [5.41, 5.74) is 5.80. The number of sulfonamides is 1. The van der Waals surface area contributed by atoms with E-state index < -0.39 is 10.0 Å². The normalized spacial score (nSPS) is 11.2. The van der Waals surface area contributed by atoms with Crippen LogP contribution >= 0.6 is 15.9 Å². The molecule has 0 radical (unpaired) electrons. The molecule has 2 N–H and O–H groups in total. The maximum atomic E-state index is 11.3. The van der Waals surface area contributed by atoms with Crippen molar-refractivity contribution in [3.05, 3.63) is 22.7 Å². The molecule has 0 atom stereocenters. The Hall–Kier alpha value is -0.880. The van der Waals surface area contributed by atoms with Gasteiger partial charge in [0.25, 0.3) is 10.0 Å².